The van der Waals surface area contributed by atoms with Crippen LogP contribution < -0.4 is 5.32 Å². The number of ether oxygens (including phenoxy) is 3. The van der Waals surface area contributed by atoms with Crippen molar-refractivity contribution >= 4 is 11.9 Å². The Labute approximate surface area is 198 Å². The van der Waals surface area contributed by atoms with Crippen molar-refractivity contribution in [2.24, 2.45) is 5.92 Å². The maximum Gasteiger partial charge on any atom is 0.326 e. The van der Waals surface area contributed by atoms with Crippen LogP contribution in [0.25, 0.3) is 0 Å². The molecule has 1 spiro atoms. The molecule has 2 N–H and O–H groups in total. The second kappa shape index (κ2) is 7.01. The second-order valence-corrected chi connectivity index (χ2v) is 11.1. The van der Waals surface area contributed by atoms with Crippen LogP contribution in [0.3, 0.4) is 0 Å². The van der Waals surface area contributed by atoms with Gasteiger partial charge in [-0.1, -0.05) is 24.3 Å². The third kappa shape index (κ3) is 2.62. The van der Waals surface area contributed by atoms with Gasteiger partial charge >= 0.3 is 6.03 Å². The van der Waals surface area contributed by atoms with E-state index in [-0.39, 0.29) is 30.5 Å². The van der Waals surface area contributed by atoms with Crippen LogP contribution in [0, 0.1) is 5.92 Å². The SMILES string of the molecule is CC1(C)OC2C(CO)OC(N3C(=O)NC(=O)C4C5Cc6ccccc6CN5C5CCCC453)C2O1. The van der Waals surface area contributed by atoms with E-state index in [4.69, 9.17) is 14.2 Å². The Morgan fingerprint density at radius 1 is 1.15 bits per heavy atom. The summed E-state index contributed by atoms with van der Waals surface area (Å²) in [5.74, 6) is -1.37. The molecule has 8 unspecified atom stereocenters. The van der Waals surface area contributed by atoms with Crippen LogP contribution in [0.15, 0.2) is 24.3 Å². The molecule has 7 rings (SSSR count). The zero-order valence-corrected chi connectivity index (χ0v) is 19.5. The van der Waals surface area contributed by atoms with E-state index in [1.54, 1.807) is 4.90 Å². The number of carbonyl (C=O) groups excluding carboxylic acids is 2. The maximum absolute atomic E-state index is 13.6. The van der Waals surface area contributed by atoms with Gasteiger partial charge in [0.2, 0.25) is 5.91 Å². The molecule has 0 radical (unpaired) electrons. The number of carbonyl (C=O) groups is 2. The number of hydrogen-bond acceptors (Lipinski definition) is 7. The molecule has 4 saturated heterocycles. The summed E-state index contributed by atoms with van der Waals surface area (Å²) in [6, 6.07) is 8.10. The van der Waals surface area contributed by atoms with Crippen molar-refractivity contribution in [3.8, 4) is 0 Å². The lowest BCUT2D eigenvalue weighted by molar-refractivity contribution is -0.215. The first-order valence-corrected chi connectivity index (χ1v) is 12.4. The molecule has 0 bridgehead atoms. The van der Waals surface area contributed by atoms with Gasteiger partial charge in [0.15, 0.2) is 12.0 Å². The normalized spacial score (nSPS) is 44.3. The number of fused-ring (bicyclic) bond motifs is 5. The van der Waals surface area contributed by atoms with E-state index in [2.05, 4.69) is 34.5 Å². The summed E-state index contributed by atoms with van der Waals surface area (Å²) in [4.78, 5) is 31.3. The number of imide groups is 1. The van der Waals surface area contributed by atoms with Crippen molar-refractivity contribution in [2.75, 3.05) is 6.61 Å². The quantitative estimate of drug-likeness (QED) is 0.670. The fourth-order valence-corrected chi connectivity index (χ4v) is 7.99. The van der Waals surface area contributed by atoms with Crippen LogP contribution >= 0.6 is 0 Å². The van der Waals surface area contributed by atoms with Gasteiger partial charge in [0.05, 0.1) is 18.1 Å². The first kappa shape index (κ1) is 21.3. The van der Waals surface area contributed by atoms with Gasteiger partial charge in [0.1, 0.15) is 18.3 Å². The van der Waals surface area contributed by atoms with Gasteiger partial charge in [-0.3, -0.25) is 19.9 Å². The lowest BCUT2D eigenvalue weighted by Gasteiger charge is -2.51. The highest BCUT2D eigenvalue weighted by Crippen LogP contribution is 2.57. The van der Waals surface area contributed by atoms with Gasteiger partial charge in [-0.05, 0) is 50.7 Å². The molecule has 9 nitrogen and oxygen atoms in total. The third-order valence-corrected chi connectivity index (χ3v) is 9.02. The van der Waals surface area contributed by atoms with Gasteiger partial charge in [-0.2, -0.15) is 0 Å². The fourth-order valence-electron chi connectivity index (χ4n) is 7.99. The number of nitrogens with one attached hydrogen (secondary N) is 1. The summed E-state index contributed by atoms with van der Waals surface area (Å²) in [7, 11) is 0. The monoisotopic (exact) mass is 469 g/mol. The van der Waals surface area contributed by atoms with Crippen LogP contribution in [0.1, 0.15) is 44.2 Å². The zero-order valence-electron chi connectivity index (χ0n) is 19.5. The molecule has 0 aromatic heterocycles. The second-order valence-electron chi connectivity index (χ2n) is 11.1. The molecule has 1 aromatic carbocycles. The standard InChI is InChI=1S/C25H31N3O6/c1-24(2)33-19-16(12-29)32-22(20(19)34-24)28-23(31)26-21(30)18-15-10-13-6-3-4-7-14(13)11-27(15)17-8-5-9-25(17,18)28/h3-4,6-7,15-20,22,29H,5,8-12H2,1-2H3,(H,26,30,31). The van der Waals surface area contributed by atoms with Gasteiger partial charge < -0.3 is 19.3 Å². The molecule has 8 atom stereocenters. The van der Waals surface area contributed by atoms with Crippen LogP contribution in [-0.2, 0) is 32.0 Å². The average molecular weight is 470 g/mol. The minimum atomic E-state index is -0.839. The summed E-state index contributed by atoms with van der Waals surface area (Å²) in [6.07, 6.45) is 1.08. The van der Waals surface area contributed by atoms with E-state index < -0.39 is 41.9 Å². The molecule has 5 heterocycles. The summed E-state index contributed by atoms with van der Waals surface area (Å²) in [5, 5.41) is 12.7. The van der Waals surface area contributed by atoms with Crippen molar-refractivity contribution in [2.45, 2.75) is 94.0 Å². The molecule has 1 aromatic rings. The fraction of sp³-hybridized carbons (Fsp3) is 0.680. The number of aliphatic hydroxyl groups excluding tert-OH is 1. The predicted molar refractivity (Wildman–Crippen MR) is 118 cm³/mol. The highest BCUT2D eigenvalue weighted by Gasteiger charge is 2.72. The van der Waals surface area contributed by atoms with E-state index in [0.29, 0.717) is 0 Å². The van der Waals surface area contributed by atoms with E-state index in [1.807, 2.05) is 13.8 Å². The molecule has 34 heavy (non-hydrogen) atoms. The van der Waals surface area contributed by atoms with Gasteiger partial charge in [-0.15, -0.1) is 0 Å². The molecule has 182 valence electrons. The van der Waals surface area contributed by atoms with Crippen LogP contribution in [-0.4, -0.2) is 81.4 Å². The largest absolute Gasteiger partial charge is 0.394 e. The molecule has 5 aliphatic heterocycles. The Morgan fingerprint density at radius 3 is 2.71 bits per heavy atom. The van der Waals surface area contributed by atoms with E-state index in [0.717, 1.165) is 32.2 Å². The first-order chi connectivity index (χ1) is 16.3. The number of urea groups is 1. The van der Waals surface area contributed by atoms with Crippen LogP contribution in [0.4, 0.5) is 4.79 Å². The average Bonchev–Trinajstić information content (AvgIpc) is 3.49. The molecule has 6 aliphatic rings. The Morgan fingerprint density at radius 2 is 1.91 bits per heavy atom. The number of aliphatic hydroxyl groups is 1. The van der Waals surface area contributed by atoms with Crippen LogP contribution in [0.5, 0.6) is 0 Å². The third-order valence-electron chi connectivity index (χ3n) is 9.02. The molecular weight excluding hydrogens is 438 g/mol. The minimum absolute atomic E-state index is 0.0267. The van der Waals surface area contributed by atoms with Crippen molar-refractivity contribution in [3.63, 3.8) is 0 Å². The Bertz CT molecular complexity index is 1060. The topological polar surface area (TPSA) is 101 Å². The molecular formula is C25H31N3O6. The van der Waals surface area contributed by atoms with Gasteiger partial charge in [-0.25, -0.2) is 4.79 Å². The summed E-state index contributed by atoms with van der Waals surface area (Å²) >= 11 is 0. The highest BCUT2D eigenvalue weighted by atomic mass is 16.8. The smallest absolute Gasteiger partial charge is 0.326 e. The maximum atomic E-state index is 13.6. The number of amides is 3. The zero-order chi connectivity index (χ0) is 23.4. The molecule has 3 amide bonds. The first-order valence-electron chi connectivity index (χ1n) is 12.4. The molecule has 9 heteroatoms. The van der Waals surface area contributed by atoms with Crippen LogP contribution in [0.2, 0.25) is 0 Å². The summed E-state index contributed by atoms with van der Waals surface area (Å²) in [5.41, 5.74) is 1.91. The molecule has 1 saturated carbocycles. The number of rotatable bonds is 2. The molecule has 1 aliphatic carbocycles. The van der Waals surface area contributed by atoms with Crippen molar-refractivity contribution in [3.05, 3.63) is 35.4 Å². The van der Waals surface area contributed by atoms with Gasteiger partial charge in [0.25, 0.3) is 0 Å². The van der Waals surface area contributed by atoms with Gasteiger partial charge in [0, 0.05) is 18.6 Å². The highest BCUT2D eigenvalue weighted by molar-refractivity contribution is 6.00. The Kier molecular flexibility index (Phi) is 4.38. The summed E-state index contributed by atoms with van der Waals surface area (Å²) in [6.45, 7) is 4.23. The Balaban J connectivity index is 1.33. The Hall–Kier alpha value is -2.04. The predicted octanol–water partition coefficient (Wildman–Crippen LogP) is 1.12. The van der Waals surface area contributed by atoms with E-state index >= 15 is 0 Å². The number of benzene rings is 1. The van der Waals surface area contributed by atoms with E-state index in [9.17, 15) is 14.7 Å². The van der Waals surface area contributed by atoms with E-state index in [1.165, 1.54) is 11.1 Å². The molecule has 5 fully saturated rings. The van der Waals surface area contributed by atoms with Crippen molar-refractivity contribution in [1.29, 1.82) is 0 Å². The number of nitrogens with zero attached hydrogens (tertiary/aromatic N) is 2. The minimum Gasteiger partial charge on any atom is -0.394 e. The summed E-state index contributed by atoms with van der Waals surface area (Å²) < 4.78 is 18.6. The number of hydrogen-bond donors (Lipinski definition) is 2. The van der Waals surface area contributed by atoms with Crippen molar-refractivity contribution in [1.82, 2.24) is 15.1 Å². The van der Waals surface area contributed by atoms with Crippen molar-refractivity contribution < 1.29 is 28.9 Å². The lowest BCUT2D eigenvalue weighted by Crippen LogP contribution is -2.73. The lowest BCUT2D eigenvalue weighted by atomic mass is 9.74.